The summed E-state index contributed by atoms with van der Waals surface area (Å²) >= 11 is 0. The minimum absolute atomic E-state index is 0.113. The number of hydrogen-bond donors (Lipinski definition) is 1. The second-order valence-electron chi connectivity index (χ2n) is 3.84. The molecule has 0 atom stereocenters. The Balaban J connectivity index is 1.87. The van der Waals surface area contributed by atoms with Gasteiger partial charge < -0.3 is 5.32 Å². The van der Waals surface area contributed by atoms with Crippen LogP contribution in [0.25, 0.3) is 0 Å². The van der Waals surface area contributed by atoms with Gasteiger partial charge in [0.1, 0.15) is 5.82 Å². The van der Waals surface area contributed by atoms with E-state index in [2.05, 4.69) is 15.6 Å². The summed E-state index contributed by atoms with van der Waals surface area (Å²) in [6.07, 6.45) is 2.43. The first kappa shape index (κ1) is 12.0. The highest BCUT2D eigenvalue weighted by Crippen LogP contribution is 2.12. The number of anilines is 1. The lowest BCUT2D eigenvalue weighted by molar-refractivity contribution is -0.384. The van der Waals surface area contributed by atoms with E-state index in [9.17, 15) is 10.1 Å². The van der Waals surface area contributed by atoms with Crippen molar-refractivity contribution in [3.05, 3.63) is 46.1 Å². The Bertz CT molecular complexity index is 535. The number of nitrogens with one attached hydrogen (secondary N) is 1. The minimum Gasteiger partial charge on any atom is -0.369 e. The number of non-ortho nitro benzene ring substituents is 1. The van der Waals surface area contributed by atoms with Crippen molar-refractivity contribution < 1.29 is 4.92 Å². The quantitative estimate of drug-likeness (QED) is 0.637. The second kappa shape index (κ2) is 5.26. The van der Waals surface area contributed by atoms with E-state index in [0.717, 1.165) is 24.3 Å². The molecule has 0 fully saturated rings. The normalized spacial score (nSPS) is 10.3. The van der Waals surface area contributed by atoms with Crippen LogP contribution in [0.1, 0.15) is 5.56 Å². The zero-order valence-corrected chi connectivity index (χ0v) is 9.91. The number of nitro groups is 1. The van der Waals surface area contributed by atoms with Crippen LogP contribution < -0.4 is 5.32 Å². The molecule has 0 aliphatic rings. The van der Waals surface area contributed by atoms with Crippen molar-refractivity contribution in [2.45, 2.75) is 6.42 Å². The van der Waals surface area contributed by atoms with Gasteiger partial charge in [0.2, 0.25) is 0 Å². The van der Waals surface area contributed by atoms with Gasteiger partial charge in [-0.15, -0.1) is 5.10 Å². The van der Waals surface area contributed by atoms with Gasteiger partial charge in [0, 0.05) is 25.7 Å². The Labute approximate surface area is 104 Å². The van der Waals surface area contributed by atoms with E-state index in [1.165, 1.54) is 12.1 Å². The summed E-state index contributed by atoms with van der Waals surface area (Å²) in [7, 11) is 1.81. The van der Waals surface area contributed by atoms with E-state index < -0.39 is 4.92 Å². The average molecular weight is 247 g/mol. The first-order chi connectivity index (χ1) is 8.66. The summed E-state index contributed by atoms with van der Waals surface area (Å²) in [5.41, 5.74) is 1.16. The number of aromatic nitrogens is 3. The zero-order chi connectivity index (χ0) is 13.0. The van der Waals surface area contributed by atoms with Gasteiger partial charge in [0.05, 0.1) is 11.1 Å². The van der Waals surface area contributed by atoms with Crippen molar-refractivity contribution in [1.82, 2.24) is 15.0 Å². The van der Waals surface area contributed by atoms with Crippen LogP contribution in [0, 0.1) is 10.1 Å². The van der Waals surface area contributed by atoms with Crippen molar-refractivity contribution in [2.24, 2.45) is 7.05 Å². The van der Waals surface area contributed by atoms with E-state index in [1.54, 1.807) is 30.1 Å². The molecule has 18 heavy (non-hydrogen) atoms. The standard InChI is InChI=1S/C11H13N5O2/c1-15-11(8-13-14-15)12-7-6-9-2-4-10(5-3-9)16(17)18/h2-5,8,12H,6-7H2,1H3. The molecule has 0 unspecified atom stereocenters. The van der Waals surface area contributed by atoms with E-state index in [4.69, 9.17) is 0 Å². The van der Waals surface area contributed by atoms with Crippen LogP contribution in [0.3, 0.4) is 0 Å². The van der Waals surface area contributed by atoms with Crippen molar-refractivity contribution in [1.29, 1.82) is 0 Å². The van der Waals surface area contributed by atoms with Crippen LogP contribution >= 0.6 is 0 Å². The molecule has 0 amide bonds. The summed E-state index contributed by atoms with van der Waals surface area (Å²) in [6, 6.07) is 6.56. The predicted octanol–water partition coefficient (Wildman–Crippen LogP) is 1.38. The van der Waals surface area contributed by atoms with E-state index in [1.807, 2.05) is 0 Å². The summed E-state index contributed by atoms with van der Waals surface area (Å²) < 4.78 is 1.65. The Hall–Kier alpha value is -2.44. The van der Waals surface area contributed by atoms with Gasteiger partial charge in [-0.3, -0.25) is 10.1 Å². The molecule has 0 spiro atoms. The maximum absolute atomic E-state index is 10.5. The summed E-state index contributed by atoms with van der Waals surface area (Å²) in [4.78, 5) is 10.1. The second-order valence-corrected chi connectivity index (χ2v) is 3.84. The lowest BCUT2D eigenvalue weighted by atomic mass is 10.1. The van der Waals surface area contributed by atoms with Crippen LogP contribution in [0.4, 0.5) is 11.5 Å². The topological polar surface area (TPSA) is 85.9 Å². The molecule has 1 aromatic carbocycles. The highest BCUT2D eigenvalue weighted by atomic mass is 16.6. The van der Waals surface area contributed by atoms with Crippen LogP contribution in [0.5, 0.6) is 0 Å². The molecule has 0 saturated carbocycles. The molecule has 94 valence electrons. The van der Waals surface area contributed by atoms with Crippen LogP contribution in [-0.2, 0) is 13.5 Å². The number of benzene rings is 1. The third-order valence-electron chi connectivity index (χ3n) is 2.58. The van der Waals surface area contributed by atoms with Crippen molar-refractivity contribution >= 4 is 11.5 Å². The molecule has 0 saturated heterocycles. The number of aryl methyl sites for hydroxylation is 1. The minimum atomic E-state index is -0.399. The molecule has 7 heteroatoms. The molecular formula is C11H13N5O2. The number of rotatable bonds is 5. The van der Waals surface area contributed by atoms with Gasteiger partial charge in [-0.1, -0.05) is 17.3 Å². The highest BCUT2D eigenvalue weighted by Gasteiger charge is 2.04. The van der Waals surface area contributed by atoms with Gasteiger partial charge in [-0.2, -0.15) is 0 Å². The van der Waals surface area contributed by atoms with Gasteiger partial charge >= 0.3 is 0 Å². The van der Waals surface area contributed by atoms with E-state index in [-0.39, 0.29) is 5.69 Å². The van der Waals surface area contributed by atoms with Crippen LogP contribution in [-0.4, -0.2) is 26.5 Å². The molecular weight excluding hydrogens is 234 g/mol. The molecule has 1 N–H and O–H groups in total. The fourth-order valence-corrected chi connectivity index (χ4v) is 1.57. The van der Waals surface area contributed by atoms with E-state index in [0.29, 0.717) is 0 Å². The molecule has 2 rings (SSSR count). The fourth-order valence-electron chi connectivity index (χ4n) is 1.57. The molecule has 0 radical (unpaired) electrons. The average Bonchev–Trinajstić information content (AvgIpc) is 2.76. The van der Waals surface area contributed by atoms with Gasteiger partial charge in [0.25, 0.3) is 5.69 Å². The number of hydrogen-bond acceptors (Lipinski definition) is 5. The largest absolute Gasteiger partial charge is 0.369 e. The van der Waals surface area contributed by atoms with Crippen molar-refractivity contribution in [3.63, 3.8) is 0 Å². The zero-order valence-electron chi connectivity index (χ0n) is 9.91. The SMILES string of the molecule is Cn1nncc1NCCc1ccc([N+](=O)[O-])cc1. The van der Waals surface area contributed by atoms with Crippen molar-refractivity contribution in [2.75, 3.05) is 11.9 Å². The molecule has 0 aliphatic carbocycles. The fraction of sp³-hybridized carbons (Fsp3) is 0.273. The Morgan fingerprint density at radius 3 is 2.67 bits per heavy atom. The van der Waals surface area contributed by atoms with Gasteiger partial charge in [-0.25, -0.2) is 4.68 Å². The third kappa shape index (κ3) is 2.82. The third-order valence-corrected chi connectivity index (χ3v) is 2.58. The van der Waals surface area contributed by atoms with E-state index >= 15 is 0 Å². The number of nitrogens with zero attached hydrogens (tertiary/aromatic N) is 4. The molecule has 1 aromatic heterocycles. The van der Waals surface area contributed by atoms with Crippen molar-refractivity contribution in [3.8, 4) is 0 Å². The summed E-state index contributed by atoms with van der Waals surface area (Å²) in [5, 5.41) is 21.2. The lowest BCUT2D eigenvalue weighted by Crippen LogP contribution is -2.08. The van der Waals surface area contributed by atoms with Gasteiger partial charge in [0.15, 0.2) is 0 Å². The van der Waals surface area contributed by atoms with Gasteiger partial charge in [-0.05, 0) is 12.0 Å². The summed E-state index contributed by atoms with van der Waals surface area (Å²) in [5.74, 6) is 0.844. The molecule has 0 aliphatic heterocycles. The Morgan fingerprint density at radius 2 is 2.11 bits per heavy atom. The smallest absolute Gasteiger partial charge is 0.269 e. The van der Waals surface area contributed by atoms with Crippen LogP contribution in [0.2, 0.25) is 0 Å². The Kier molecular flexibility index (Phi) is 3.52. The maximum Gasteiger partial charge on any atom is 0.269 e. The first-order valence-electron chi connectivity index (χ1n) is 5.48. The lowest BCUT2D eigenvalue weighted by Gasteiger charge is -2.05. The number of nitro benzene ring substituents is 1. The van der Waals surface area contributed by atoms with Crippen LogP contribution in [0.15, 0.2) is 30.5 Å². The molecule has 7 nitrogen and oxygen atoms in total. The first-order valence-corrected chi connectivity index (χ1v) is 5.48. The highest BCUT2D eigenvalue weighted by molar-refractivity contribution is 5.34. The Morgan fingerprint density at radius 1 is 1.39 bits per heavy atom. The molecule has 2 aromatic rings. The molecule has 1 heterocycles. The molecule has 0 bridgehead atoms. The maximum atomic E-state index is 10.5. The predicted molar refractivity (Wildman–Crippen MR) is 66.3 cm³/mol. The monoisotopic (exact) mass is 247 g/mol. The summed E-state index contributed by atoms with van der Waals surface area (Å²) in [6.45, 7) is 0.721.